The van der Waals surface area contributed by atoms with Gasteiger partial charge >= 0.3 is 6.18 Å². The van der Waals surface area contributed by atoms with Crippen molar-refractivity contribution in [1.29, 1.82) is 0 Å². The molecule has 0 atom stereocenters. The van der Waals surface area contributed by atoms with Crippen LogP contribution in [0.1, 0.15) is 27.6 Å². The number of nitrogens with one attached hydrogen (secondary N) is 1. The lowest BCUT2D eigenvalue weighted by atomic mass is 10.1. The molecule has 3 aromatic rings. The topological polar surface area (TPSA) is 68.0 Å². The van der Waals surface area contributed by atoms with E-state index in [9.17, 15) is 26.7 Å². The maximum atomic E-state index is 12.8. The number of anilines is 1. The molecule has 0 saturated heterocycles. The Morgan fingerprint density at radius 2 is 1.92 bits per heavy atom. The lowest BCUT2D eigenvalue weighted by Crippen LogP contribution is -2.10. The Hall–Kier alpha value is -2.82. The summed E-state index contributed by atoms with van der Waals surface area (Å²) >= 11 is 0.501. The number of hydrogen-bond acceptors (Lipinski definition) is 5. The number of benzene rings is 1. The van der Waals surface area contributed by atoms with Crippen LogP contribution in [0.5, 0.6) is 0 Å². The third-order valence-electron chi connectivity index (χ3n) is 3.15. The summed E-state index contributed by atoms with van der Waals surface area (Å²) in [5, 5.41) is 8.14. The molecule has 0 spiro atoms. The first-order valence-corrected chi connectivity index (χ1v) is 7.76. The van der Waals surface area contributed by atoms with E-state index in [0.29, 0.717) is 11.3 Å². The Morgan fingerprint density at radius 3 is 2.58 bits per heavy atom. The maximum absolute atomic E-state index is 12.8. The third kappa shape index (κ3) is 3.87. The van der Waals surface area contributed by atoms with Gasteiger partial charge in [0, 0.05) is 5.56 Å². The molecule has 2 heterocycles. The van der Waals surface area contributed by atoms with Gasteiger partial charge in [0.25, 0.3) is 12.3 Å². The number of furan rings is 1. The number of carbonyl (C=O) groups is 1. The van der Waals surface area contributed by atoms with E-state index in [2.05, 4.69) is 15.5 Å². The number of aromatic nitrogens is 2. The van der Waals surface area contributed by atoms with Gasteiger partial charge in [-0.05, 0) is 24.3 Å². The summed E-state index contributed by atoms with van der Waals surface area (Å²) in [7, 11) is 0. The predicted octanol–water partition coefficient (Wildman–Crippen LogP) is 5.01. The zero-order valence-corrected chi connectivity index (χ0v) is 13.4. The Balaban J connectivity index is 1.78. The molecule has 1 aromatic carbocycles. The molecule has 0 aliphatic heterocycles. The number of halogens is 5. The minimum atomic E-state index is -4.51. The highest BCUT2D eigenvalue weighted by Crippen LogP contribution is 2.33. The first-order chi connectivity index (χ1) is 12.2. The van der Waals surface area contributed by atoms with E-state index in [-0.39, 0.29) is 22.2 Å². The Morgan fingerprint density at radius 1 is 1.15 bits per heavy atom. The second-order valence-corrected chi connectivity index (χ2v) is 5.95. The van der Waals surface area contributed by atoms with Crippen molar-refractivity contribution in [3.63, 3.8) is 0 Å². The first kappa shape index (κ1) is 18.0. The van der Waals surface area contributed by atoms with Gasteiger partial charge in [-0.1, -0.05) is 23.5 Å². The van der Waals surface area contributed by atoms with Crippen molar-refractivity contribution in [2.24, 2.45) is 0 Å². The SMILES string of the molecule is O=C(Nc1nnc(C(F)F)s1)c1ccc(-c2cccc(C(F)(F)F)c2)o1. The van der Waals surface area contributed by atoms with E-state index in [1.165, 1.54) is 24.3 Å². The largest absolute Gasteiger partial charge is 0.451 e. The van der Waals surface area contributed by atoms with Crippen LogP contribution >= 0.6 is 11.3 Å². The van der Waals surface area contributed by atoms with Crippen LogP contribution in [0.25, 0.3) is 11.3 Å². The molecule has 1 amide bonds. The van der Waals surface area contributed by atoms with Crippen molar-refractivity contribution >= 4 is 22.4 Å². The quantitative estimate of drug-likeness (QED) is 0.637. The molecule has 136 valence electrons. The summed E-state index contributed by atoms with van der Waals surface area (Å²) in [6, 6.07) is 6.99. The Kier molecular flexibility index (Phi) is 4.72. The summed E-state index contributed by atoms with van der Waals surface area (Å²) in [4.78, 5) is 12.0. The molecule has 26 heavy (non-hydrogen) atoms. The first-order valence-electron chi connectivity index (χ1n) is 6.94. The normalized spacial score (nSPS) is 11.8. The minimum Gasteiger partial charge on any atom is -0.451 e. The zero-order valence-electron chi connectivity index (χ0n) is 12.6. The summed E-state index contributed by atoms with van der Waals surface area (Å²) in [6.45, 7) is 0. The summed E-state index contributed by atoms with van der Waals surface area (Å²) in [5.74, 6) is -0.960. The van der Waals surface area contributed by atoms with Crippen LogP contribution in [0.3, 0.4) is 0 Å². The fourth-order valence-corrected chi connectivity index (χ4v) is 2.59. The van der Waals surface area contributed by atoms with Gasteiger partial charge in [0.1, 0.15) is 5.76 Å². The van der Waals surface area contributed by atoms with Gasteiger partial charge in [-0.25, -0.2) is 8.78 Å². The zero-order chi connectivity index (χ0) is 18.9. The summed E-state index contributed by atoms with van der Waals surface area (Å²) in [5.41, 5.74) is -0.722. The van der Waals surface area contributed by atoms with Gasteiger partial charge in [-0.2, -0.15) is 13.2 Å². The van der Waals surface area contributed by atoms with Crippen LogP contribution in [0.2, 0.25) is 0 Å². The summed E-state index contributed by atoms with van der Waals surface area (Å²) < 4.78 is 68.4. The molecule has 0 aliphatic carbocycles. The molecule has 0 saturated carbocycles. The molecule has 2 aromatic heterocycles. The van der Waals surface area contributed by atoms with E-state index < -0.39 is 29.1 Å². The van der Waals surface area contributed by atoms with Crippen LogP contribution in [0.15, 0.2) is 40.8 Å². The monoisotopic (exact) mass is 389 g/mol. The number of carbonyl (C=O) groups excluding carboxylic acids is 1. The van der Waals surface area contributed by atoms with Crippen molar-refractivity contribution in [2.45, 2.75) is 12.6 Å². The highest BCUT2D eigenvalue weighted by molar-refractivity contribution is 7.15. The molecule has 5 nitrogen and oxygen atoms in total. The van der Waals surface area contributed by atoms with E-state index in [1.54, 1.807) is 0 Å². The van der Waals surface area contributed by atoms with Gasteiger partial charge in [0.05, 0.1) is 5.56 Å². The Labute approximate surface area is 146 Å². The van der Waals surface area contributed by atoms with Gasteiger partial charge in [-0.15, -0.1) is 10.2 Å². The van der Waals surface area contributed by atoms with Crippen LogP contribution in [0, 0.1) is 0 Å². The number of nitrogens with zero attached hydrogens (tertiary/aromatic N) is 2. The second kappa shape index (κ2) is 6.83. The molecule has 0 fully saturated rings. The molecule has 1 N–H and O–H groups in total. The Bertz CT molecular complexity index is 935. The van der Waals surface area contributed by atoms with Crippen molar-refractivity contribution in [2.75, 3.05) is 5.32 Å². The molecule has 0 aliphatic rings. The van der Waals surface area contributed by atoms with E-state index >= 15 is 0 Å². The van der Waals surface area contributed by atoms with Crippen LogP contribution in [0.4, 0.5) is 27.1 Å². The maximum Gasteiger partial charge on any atom is 0.416 e. The third-order valence-corrected chi connectivity index (χ3v) is 4.00. The van der Waals surface area contributed by atoms with Crippen LogP contribution in [-0.2, 0) is 6.18 Å². The average Bonchev–Trinajstić information content (AvgIpc) is 3.23. The molecule has 0 unspecified atom stereocenters. The number of alkyl halides is 5. The van der Waals surface area contributed by atoms with Crippen LogP contribution in [-0.4, -0.2) is 16.1 Å². The van der Waals surface area contributed by atoms with E-state index in [4.69, 9.17) is 4.42 Å². The van der Waals surface area contributed by atoms with Crippen molar-refractivity contribution in [3.8, 4) is 11.3 Å². The van der Waals surface area contributed by atoms with Gasteiger partial charge in [0.2, 0.25) is 5.13 Å². The van der Waals surface area contributed by atoms with Crippen LogP contribution < -0.4 is 5.32 Å². The molecule has 11 heteroatoms. The van der Waals surface area contributed by atoms with Gasteiger partial charge in [-0.3, -0.25) is 10.1 Å². The molecular weight excluding hydrogens is 381 g/mol. The van der Waals surface area contributed by atoms with Crippen molar-refractivity contribution < 1.29 is 31.2 Å². The van der Waals surface area contributed by atoms with Crippen molar-refractivity contribution in [1.82, 2.24) is 10.2 Å². The lowest BCUT2D eigenvalue weighted by Gasteiger charge is -2.07. The fourth-order valence-electron chi connectivity index (χ4n) is 2.00. The van der Waals surface area contributed by atoms with E-state index in [1.807, 2.05) is 0 Å². The van der Waals surface area contributed by atoms with E-state index in [0.717, 1.165) is 12.1 Å². The van der Waals surface area contributed by atoms with Gasteiger partial charge < -0.3 is 4.42 Å². The molecule has 0 radical (unpaired) electrons. The molecule has 0 bridgehead atoms. The summed E-state index contributed by atoms with van der Waals surface area (Å²) in [6.07, 6.45) is -7.32. The molecular formula is C15H8F5N3O2S. The minimum absolute atomic E-state index is 0.0479. The highest BCUT2D eigenvalue weighted by atomic mass is 32.1. The predicted molar refractivity (Wildman–Crippen MR) is 82.0 cm³/mol. The fraction of sp³-hybridized carbons (Fsp3) is 0.133. The number of hydrogen-bond donors (Lipinski definition) is 1. The standard InChI is InChI=1S/C15H8F5N3O2S/c16-11(17)13-22-23-14(26-13)21-12(24)10-5-4-9(25-10)7-2-1-3-8(6-7)15(18,19)20/h1-6,11H,(H,21,23,24). The van der Waals surface area contributed by atoms with Crippen molar-refractivity contribution in [3.05, 3.63) is 52.7 Å². The van der Waals surface area contributed by atoms with Gasteiger partial charge in [0.15, 0.2) is 10.8 Å². The lowest BCUT2D eigenvalue weighted by molar-refractivity contribution is -0.137. The number of rotatable bonds is 4. The molecule has 3 rings (SSSR count). The second-order valence-electron chi connectivity index (χ2n) is 4.94. The smallest absolute Gasteiger partial charge is 0.416 e. The number of amides is 1. The highest BCUT2D eigenvalue weighted by Gasteiger charge is 2.30. The average molecular weight is 389 g/mol.